The van der Waals surface area contributed by atoms with E-state index in [-0.39, 0.29) is 11.7 Å². The molecule has 0 bridgehead atoms. The number of nitrogens with two attached hydrogens (primary N) is 1. The van der Waals surface area contributed by atoms with E-state index in [1.54, 1.807) is 6.07 Å². The molecule has 2 N–H and O–H groups in total. The van der Waals surface area contributed by atoms with Gasteiger partial charge in [-0.1, -0.05) is 12.1 Å². The Morgan fingerprint density at radius 2 is 1.91 bits per heavy atom. The highest BCUT2D eigenvalue weighted by molar-refractivity contribution is 7.12. The first-order valence-corrected chi connectivity index (χ1v) is 8.60. The summed E-state index contributed by atoms with van der Waals surface area (Å²) in [6.07, 6.45) is 0.929. The van der Waals surface area contributed by atoms with Crippen molar-refractivity contribution in [3.8, 4) is 0 Å². The number of hydrogen-bond donors (Lipinski definition) is 1. The van der Waals surface area contributed by atoms with Gasteiger partial charge in [-0.15, -0.1) is 11.3 Å². The van der Waals surface area contributed by atoms with Gasteiger partial charge in [0.05, 0.1) is 5.69 Å². The molecule has 2 heterocycles. The Kier molecular flexibility index (Phi) is 4.93. The maximum absolute atomic E-state index is 13.0. The molecule has 0 saturated carbocycles. The van der Waals surface area contributed by atoms with Crippen LogP contribution in [0.3, 0.4) is 0 Å². The van der Waals surface area contributed by atoms with Crippen molar-refractivity contribution in [2.24, 2.45) is 0 Å². The second-order valence-electron chi connectivity index (χ2n) is 5.75. The van der Waals surface area contributed by atoms with Crippen LogP contribution in [-0.4, -0.2) is 41.9 Å². The first kappa shape index (κ1) is 16.0. The van der Waals surface area contributed by atoms with Gasteiger partial charge in [0.25, 0.3) is 5.91 Å². The van der Waals surface area contributed by atoms with Gasteiger partial charge in [0.1, 0.15) is 10.7 Å². The molecule has 3 rings (SSSR count). The second kappa shape index (κ2) is 7.10. The Hall–Kier alpha value is -1.92. The van der Waals surface area contributed by atoms with Crippen molar-refractivity contribution in [1.82, 2.24) is 9.80 Å². The summed E-state index contributed by atoms with van der Waals surface area (Å²) in [5, 5.41) is 1.85. The van der Waals surface area contributed by atoms with Crippen LogP contribution in [0.5, 0.6) is 0 Å². The normalized spacial score (nSPS) is 16.3. The Morgan fingerprint density at radius 3 is 2.61 bits per heavy atom. The van der Waals surface area contributed by atoms with Gasteiger partial charge in [0, 0.05) is 32.7 Å². The summed E-state index contributed by atoms with van der Waals surface area (Å²) < 4.78 is 13.0. The van der Waals surface area contributed by atoms with Gasteiger partial charge in [0.15, 0.2) is 0 Å². The van der Waals surface area contributed by atoms with E-state index in [4.69, 9.17) is 5.73 Å². The standard InChI is InChI=1S/C17H20FN3OS/c18-14-4-2-13(3-5-14)12-20-7-1-8-21(10-9-20)17(22)16-15(19)6-11-23-16/h2-6,11H,1,7-10,12,19H2. The van der Waals surface area contributed by atoms with Crippen molar-refractivity contribution in [1.29, 1.82) is 0 Å². The van der Waals surface area contributed by atoms with Crippen LogP contribution in [-0.2, 0) is 6.54 Å². The topological polar surface area (TPSA) is 49.6 Å². The van der Waals surface area contributed by atoms with Crippen LogP contribution in [0, 0.1) is 5.82 Å². The molecule has 1 aliphatic heterocycles. The highest BCUT2D eigenvalue weighted by Crippen LogP contribution is 2.21. The minimum absolute atomic E-state index is 0.0288. The molecule has 0 spiro atoms. The molecule has 1 fully saturated rings. The molecule has 6 heteroatoms. The van der Waals surface area contributed by atoms with E-state index in [2.05, 4.69) is 4.90 Å². The third kappa shape index (κ3) is 3.89. The van der Waals surface area contributed by atoms with Crippen LogP contribution in [0.1, 0.15) is 21.7 Å². The lowest BCUT2D eigenvalue weighted by atomic mass is 10.2. The highest BCUT2D eigenvalue weighted by Gasteiger charge is 2.22. The number of nitrogen functional groups attached to an aromatic ring is 1. The number of thiophene rings is 1. The summed E-state index contributed by atoms with van der Waals surface area (Å²) in [6.45, 7) is 3.96. The lowest BCUT2D eigenvalue weighted by Gasteiger charge is -2.22. The fourth-order valence-electron chi connectivity index (χ4n) is 2.82. The minimum Gasteiger partial charge on any atom is -0.397 e. The zero-order chi connectivity index (χ0) is 16.2. The molecule has 1 aromatic carbocycles. The highest BCUT2D eigenvalue weighted by atomic mass is 32.1. The van der Waals surface area contributed by atoms with Crippen molar-refractivity contribution < 1.29 is 9.18 Å². The number of carbonyl (C=O) groups is 1. The molecule has 0 radical (unpaired) electrons. The molecule has 122 valence electrons. The Morgan fingerprint density at radius 1 is 1.13 bits per heavy atom. The summed E-state index contributed by atoms with van der Waals surface area (Å²) in [5.41, 5.74) is 7.50. The number of nitrogens with zero attached hydrogens (tertiary/aromatic N) is 2. The molecule has 0 unspecified atom stereocenters. The number of rotatable bonds is 3. The van der Waals surface area contributed by atoms with Crippen LogP contribution >= 0.6 is 11.3 Å². The van der Waals surface area contributed by atoms with Crippen molar-refractivity contribution in [3.63, 3.8) is 0 Å². The lowest BCUT2D eigenvalue weighted by molar-refractivity contribution is 0.0767. The quantitative estimate of drug-likeness (QED) is 0.940. The third-order valence-electron chi connectivity index (χ3n) is 4.09. The van der Waals surface area contributed by atoms with Crippen molar-refractivity contribution >= 4 is 22.9 Å². The van der Waals surface area contributed by atoms with Crippen LogP contribution in [0.4, 0.5) is 10.1 Å². The summed E-state index contributed by atoms with van der Waals surface area (Å²) in [6, 6.07) is 8.38. The molecule has 1 saturated heterocycles. The van der Waals surface area contributed by atoms with Gasteiger partial charge >= 0.3 is 0 Å². The Labute approximate surface area is 139 Å². The average Bonchev–Trinajstić information content (AvgIpc) is 2.84. The summed E-state index contributed by atoms with van der Waals surface area (Å²) in [4.78, 5) is 17.4. The smallest absolute Gasteiger partial charge is 0.266 e. The van der Waals surface area contributed by atoms with Crippen LogP contribution in [0.2, 0.25) is 0 Å². The van der Waals surface area contributed by atoms with Gasteiger partial charge in [0.2, 0.25) is 0 Å². The molecule has 0 atom stereocenters. The number of anilines is 1. The second-order valence-corrected chi connectivity index (χ2v) is 6.67. The molecule has 4 nitrogen and oxygen atoms in total. The van der Waals surface area contributed by atoms with E-state index in [0.717, 1.165) is 38.2 Å². The van der Waals surface area contributed by atoms with Crippen molar-refractivity contribution in [2.45, 2.75) is 13.0 Å². The Bertz CT molecular complexity index is 671. The predicted octanol–water partition coefficient (Wildman–Crippen LogP) is 2.82. The minimum atomic E-state index is -0.213. The van der Waals surface area contributed by atoms with Gasteiger partial charge in [-0.2, -0.15) is 0 Å². The number of amides is 1. The van der Waals surface area contributed by atoms with E-state index in [1.165, 1.54) is 23.5 Å². The largest absolute Gasteiger partial charge is 0.397 e. The van der Waals surface area contributed by atoms with E-state index < -0.39 is 0 Å². The van der Waals surface area contributed by atoms with Crippen molar-refractivity contribution in [3.05, 3.63) is 52.0 Å². The monoisotopic (exact) mass is 333 g/mol. The third-order valence-corrected chi connectivity index (χ3v) is 5.00. The maximum Gasteiger partial charge on any atom is 0.266 e. The summed E-state index contributed by atoms with van der Waals surface area (Å²) in [7, 11) is 0. The van der Waals surface area contributed by atoms with Crippen LogP contribution in [0.25, 0.3) is 0 Å². The fourth-order valence-corrected chi connectivity index (χ4v) is 3.60. The zero-order valence-corrected chi connectivity index (χ0v) is 13.7. The van der Waals surface area contributed by atoms with E-state index in [1.807, 2.05) is 22.4 Å². The maximum atomic E-state index is 13.0. The molecule has 0 aliphatic carbocycles. The number of hydrogen-bond acceptors (Lipinski definition) is 4. The molecular weight excluding hydrogens is 313 g/mol. The van der Waals surface area contributed by atoms with Crippen molar-refractivity contribution in [2.75, 3.05) is 31.9 Å². The average molecular weight is 333 g/mol. The lowest BCUT2D eigenvalue weighted by Crippen LogP contribution is -2.35. The SMILES string of the molecule is Nc1ccsc1C(=O)N1CCCN(Cc2ccc(F)cc2)CC1. The van der Waals surface area contributed by atoms with E-state index in [0.29, 0.717) is 17.1 Å². The molecule has 2 aromatic rings. The fraction of sp³-hybridized carbons (Fsp3) is 0.353. The van der Waals surface area contributed by atoms with Crippen LogP contribution in [0.15, 0.2) is 35.7 Å². The molecule has 1 amide bonds. The summed E-state index contributed by atoms with van der Waals surface area (Å²) in [5.74, 6) is -0.184. The van der Waals surface area contributed by atoms with Gasteiger partial charge < -0.3 is 10.6 Å². The van der Waals surface area contributed by atoms with Crippen LogP contribution < -0.4 is 5.73 Å². The van der Waals surface area contributed by atoms with Gasteiger partial charge in [-0.25, -0.2) is 4.39 Å². The zero-order valence-electron chi connectivity index (χ0n) is 12.9. The predicted molar refractivity (Wildman–Crippen MR) is 90.9 cm³/mol. The molecule has 1 aromatic heterocycles. The number of carbonyl (C=O) groups excluding carboxylic acids is 1. The Balaban J connectivity index is 1.60. The number of benzene rings is 1. The van der Waals surface area contributed by atoms with Gasteiger partial charge in [-0.05, 0) is 35.6 Å². The molecular formula is C17H20FN3OS. The number of halogens is 1. The van der Waals surface area contributed by atoms with E-state index in [9.17, 15) is 9.18 Å². The molecule has 23 heavy (non-hydrogen) atoms. The molecule has 1 aliphatic rings. The van der Waals surface area contributed by atoms with Gasteiger partial charge in [-0.3, -0.25) is 9.69 Å². The first-order chi connectivity index (χ1) is 11.1. The first-order valence-electron chi connectivity index (χ1n) is 7.72. The summed E-state index contributed by atoms with van der Waals surface area (Å²) >= 11 is 1.40. The van der Waals surface area contributed by atoms with E-state index >= 15 is 0 Å².